The van der Waals surface area contributed by atoms with Crippen LogP contribution in [-0.4, -0.2) is 12.0 Å². The Morgan fingerprint density at radius 3 is 1.45 bits per heavy atom. The second-order valence-corrected chi connectivity index (χ2v) is 10.9. The van der Waals surface area contributed by atoms with Crippen molar-refractivity contribution in [2.75, 3.05) is 12.0 Å². The molecule has 0 bridgehead atoms. The second kappa shape index (κ2) is 12.9. The number of hydrogen-bond acceptors (Lipinski definition) is 0. The van der Waals surface area contributed by atoms with Gasteiger partial charge in [0, 0.05) is 5.88 Å². The van der Waals surface area contributed by atoms with Crippen LogP contribution in [0.1, 0.15) is 25.7 Å². The Bertz CT molecular complexity index is 736. The van der Waals surface area contributed by atoms with E-state index in [0.717, 1.165) is 24.9 Å². The van der Waals surface area contributed by atoms with Crippen LogP contribution >= 0.6 is 18.9 Å². The Balaban J connectivity index is 0.00000300. The third-order valence-corrected chi connectivity index (χ3v) is 9.71. The molecule has 3 rings (SSSR count). The lowest BCUT2D eigenvalue weighted by atomic mass is 10.2. The molecular formula is C26H29Cl2P. The van der Waals surface area contributed by atoms with Crippen LogP contribution in [-0.2, 0) is 0 Å². The third-order valence-electron chi connectivity index (χ3n) is 5.14. The monoisotopic (exact) mass is 442 g/mol. The summed E-state index contributed by atoms with van der Waals surface area (Å²) in [5.41, 5.74) is 0. The Morgan fingerprint density at radius 1 is 0.586 bits per heavy atom. The molecule has 0 aromatic heterocycles. The zero-order valence-electron chi connectivity index (χ0n) is 16.8. The maximum Gasteiger partial charge on any atom is 0.115 e. The predicted octanol–water partition coefficient (Wildman–Crippen LogP) is 3.34. The zero-order valence-corrected chi connectivity index (χ0v) is 19.2. The summed E-state index contributed by atoms with van der Waals surface area (Å²) in [4.78, 5) is 0. The van der Waals surface area contributed by atoms with Crippen LogP contribution in [0.3, 0.4) is 0 Å². The van der Waals surface area contributed by atoms with Crippen LogP contribution in [0.5, 0.6) is 0 Å². The van der Waals surface area contributed by atoms with E-state index >= 15 is 0 Å². The summed E-state index contributed by atoms with van der Waals surface area (Å²) < 4.78 is 0. The SMILES string of the molecule is ClCCCCCC=CC[P+](c1ccccc1)(c1ccccc1)c1ccccc1.[Cl-]. The number of hydrogen-bond donors (Lipinski definition) is 0. The first-order valence-electron chi connectivity index (χ1n) is 10.1. The summed E-state index contributed by atoms with van der Waals surface area (Å²) in [7, 11) is -1.72. The lowest BCUT2D eigenvalue weighted by molar-refractivity contribution is -0.00000544. The quantitative estimate of drug-likeness (QED) is 0.195. The van der Waals surface area contributed by atoms with Gasteiger partial charge in [0.2, 0.25) is 0 Å². The molecule has 0 atom stereocenters. The van der Waals surface area contributed by atoms with E-state index in [9.17, 15) is 0 Å². The summed E-state index contributed by atoms with van der Waals surface area (Å²) in [6, 6.07) is 33.2. The van der Waals surface area contributed by atoms with Crippen LogP contribution in [0.25, 0.3) is 0 Å². The molecule has 0 fully saturated rings. The van der Waals surface area contributed by atoms with Gasteiger partial charge in [0.15, 0.2) is 0 Å². The fourth-order valence-corrected chi connectivity index (χ4v) is 7.92. The maximum absolute atomic E-state index is 5.79. The van der Waals surface area contributed by atoms with Gasteiger partial charge in [-0.25, -0.2) is 0 Å². The number of halogens is 2. The van der Waals surface area contributed by atoms with Crippen LogP contribution in [0.15, 0.2) is 103 Å². The second-order valence-electron chi connectivity index (χ2n) is 7.01. The van der Waals surface area contributed by atoms with Crippen molar-refractivity contribution in [3.8, 4) is 0 Å². The summed E-state index contributed by atoms with van der Waals surface area (Å²) in [6.07, 6.45) is 10.5. The molecule has 0 spiro atoms. The fraction of sp³-hybridized carbons (Fsp3) is 0.231. The Hall–Kier alpha value is -1.59. The molecule has 0 aliphatic heterocycles. The van der Waals surface area contributed by atoms with Crippen molar-refractivity contribution in [2.24, 2.45) is 0 Å². The molecule has 0 aliphatic carbocycles. The highest BCUT2D eigenvalue weighted by atomic mass is 35.5. The van der Waals surface area contributed by atoms with E-state index < -0.39 is 7.26 Å². The van der Waals surface area contributed by atoms with Crippen LogP contribution in [0, 0.1) is 0 Å². The van der Waals surface area contributed by atoms with Gasteiger partial charge in [-0.2, -0.15) is 0 Å². The molecular weight excluding hydrogens is 414 g/mol. The van der Waals surface area contributed by atoms with Gasteiger partial charge in [0.05, 0.1) is 6.16 Å². The molecule has 0 unspecified atom stereocenters. The van der Waals surface area contributed by atoms with Gasteiger partial charge in [-0.15, -0.1) is 11.6 Å². The van der Waals surface area contributed by atoms with E-state index in [0.29, 0.717) is 0 Å². The minimum absolute atomic E-state index is 0. The van der Waals surface area contributed by atoms with Gasteiger partial charge in [-0.1, -0.05) is 73.2 Å². The molecule has 0 heterocycles. The van der Waals surface area contributed by atoms with Crippen molar-refractivity contribution in [3.05, 3.63) is 103 Å². The summed E-state index contributed by atoms with van der Waals surface area (Å²) >= 11 is 5.79. The molecule has 0 N–H and O–H groups in total. The van der Waals surface area contributed by atoms with Gasteiger partial charge >= 0.3 is 0 Å². The van der Waals surface area contributed by atoms with Gasteiger partial charge in [-0.3, -0.25) is 0 Å². The Kier molecular flexibility index (Phi) is 10.5. The van der Waals surface area contributed by atoms with Gasteiger partial charge in [0.1, 0.15) is 23.2 Å². The van der Waals surface area contributed by atoms with Gasteiger partial charge in [-0.05, 0) is 55.7 Å². The highest BCUT2D eigenvalue weighted by Gasteiger charge is 2.43. The van der Waals surface area contributed by atoms with E-state index in [1.807, 2.05) is 0 Å². The molecule has 0 saturated heterocycles. The van der Waals surface area contributed by atoms with E-state index in [1.165, 1.54) is 28.8 Å². The normalized spacial score (nSPS) is 11.3. The maximum atomic E-state index is 5.79. The summed E-state index contributed by atoms with van der Waals surface area (Å²) in [5.74, 6) is 0.772. The number of unbranched alkanes of at least 4 members (excludes halogenated alkanes) is 3. The molecule has 3 aromatic rings. The molecule has 3 heteroatoms. The fourth-order valence-electron chi connectivity index (χ4n) is 3.69. The minimum Gasteiger partial charge on any atom is -1.00 e. The smallest absolute Gasteiger partial charge is 0.115 e. The van der Waals surface area contributed by atoms with Crippen molar-refractivity contribution in [1.82, 2.24) is 0 Å². The standard InChI is InChI=1S/C26H29ClP.ClH/c27-22-14-3-1-2-4-15-23-28(24-16-8-5-9-17-24,25-18-10-6-11-19-25)26-20-12-7-13-21-26;/h4-13,15-21H,1-3,14,22-23H2;1H/q+1;/p-1. The van der Waals surface area contributed by atoms with Crippen molar-refractivity contribution in [1.29, 1.82) is 0 Å². The van der Waals surface area contributed by atoms with Crippen molar-refractivity contribution in [3.63, 3.8) is 0 Å². The van der Waals surface area contributed by atoms with Crippen molar-refractivity contribution >= 4 is 34.8 Å². The average molecular weight is 443 g/mol. The first-order chi connectivity index (χ1) is 13.9. The molecule has 0 nitrogen and oxygen atoms in total. The van der Waals surface area contributed by atoms with E-state index in [-0.39, 0.29) is 12.4 Å². The van der Waals surface area contributed by atoms with Gasteiger partial charge in [0.25, 0.3) is 0 Å². The molecule has 0 saturated carbocycles. The Morgan fingerprint density at radius 2 is 1.03 bits per heavy atom. The first-order valence-corrected chi connectivity index (χ1v) is 12.6. The number of benzene rings is 3. The average Bonchev–Trinajstić information content (AvgIpc) is 2.78. The number of allylic oxidation sites excluding steroid dienone is 2. The van der Waals surface area contributed by atoms with E-state index in [4.69, 9.17) is 11.6 Å². The number of alkyl halides is 1. The lowest BCUT2D eigenvalue weighted by Gasteiger charge is -2.26. The molecule has 0 amide bonds. The molecule has 29 heavy (non-hydrogen) atoms. The van der Waals surface area contributed by atoms with Crippen molar-refractivity contribution in [2.45, 2.75) is 25.7 Å². The van der Waals surface area contributed by atoms with E-state index in [1.54, 1.807) is 0 Å². The minimum atomic E-state index is -1.72. The Labute approximate surface area is 187 Å². The summed E-state index contributed by atoms with van der Waals surface area (Å²) in [6.45, 7) is 0. The molecule has 0 aliphatic rings. The summed E-state index contributed by atoms with van der Waals surface area (Å²) in [5, 5.41) is 4.33. The van der Waals surface area contributed by atoms with Gasteiger partial charge < -0.3 is 12.4 Å². The third kappa shape index (κ3) is 6.19. The van der Waals surface area contributed by atoms with Crippen molar-refractivity contribution < 1.29 is 12.4 Å². The van der Waals surface area contributed by atoms with Crippen LogP contribution in [0.2, 0.25) is 0 Å². The molecule has 3 aromatic carbocycles. The zero-order chi connectivity index (χ0) is 19.5. The molecule has 0 radical (unpaired) electrons. The number of rotatable bonds is 10. The predicted molar refractivity (Wildman–Crippen MR) is 128 cm³/mol. The molecule has 152 valence electrons. The van der Waals surface area contributed by atoms with E-state index in [2.05, 4.69) is 103 Å². The first kappa shape index (κ1) is 23.7. The largest absolute Gasteiger partial charge is 1.00 e. The topological polar surface area (TPSA) is 0 Å². The van der Waals surface area contributed by atoms with Crippen LogP contribution < -0.4 is 28.3 Å². The lowest BCUT2D eigenvalue weighted by Crippen LogP contribution is -3.00. The highest BCUT2D eigenvalue weighted by Crippen LogP contribution is 2.55. The highest BCUT2D eigenvalue weighted by molar-refractivity contribution is 7.95. The van der Waals surface area contributed by atoms with Crippen LogP contribution in [0.4, 0.5) is 0 Å².